The predicted molar refractivity (Wildman–Crippen MR) is 92.5 cm³/mol. The Morgan fingerprint density at radius 1 is 1.12 bits per heavy atom. The van der Waals surface area contributed by atoms with Gasteiger partial charge in [0.1, 0.15) is 22.8 Å². The van der Waals surface area contributed by atoms with E-state index in [-0.39, 0.29) is 17.1 Å². The van der Waals surface area contributed by atoms with Crippen molar-refractivity contribution < 1.29 is 24.2 Å². The highest BCUT2D eigenvalue weighted by molar-refractivity contribution is 6.04. The summed E-state index contributed by atoms with van der Waals surface area (Å²) in [6.07, 6.45) is 0. The van der Waals surface area contributed by atoms with Gasteiger partial charge in [-0.2, -0.15) is 0 Å². The van der Waals surface area contributed by atoms with Crippen LogP contribution in [0.4, 0.5) is 5.69 Å². The van der Waals surface area contributed by atoms with Gasteiger partial charge in [-0.15, -0.1) is 0 Å². The van der Waals surface area contributed by atoms with Gasteiger partial charge in [-0.3, -0.25) is 4.79 Å². The first-order valence-corrected chi connectivity index (χ1v) is 7.58. The molecule has 0 spiro atoms. The van der Waals surface area contributed by atoms with Crippen LogP contribution in [0.15, 0.2) is 36.4 Å². The average Bonchev–Trinajstić information content (AvgIpc) is 2.54. The maximum atomic E-state index is 12.5. The molecule has 0 radical (unpaired) electrons. The van der Waals surface area contributed by atoms with Crippen molar-refractivity contribution in [3.05, 3.63) is 47.8 Å². The maximum Gasteiger partial charge on any atom is 0.354 e. The standard InChI is InChI=1S/C18H20N2O5/c1-18(2,3)25-15-8-6-5-7-12(15)20-16(21)13-9-11(24-4)10-14(19-13)17(22)23/h5-10H,1-4H3,(H,20,21)(H,22,23). The zero-order chi connectivity index (χ0) is 18.6. The molecule has 25 heavy (non-hydrogen) atoms. The molecule has 7 nitrogen and oxygen atoms in total. The molecule has 0 atom stereocenters. The van der Waals surface area contributed by atoms with Gasteiger partial charge >= 0.3 is 5.97 Å². The molecule has 0 aliphatic rings. The van der Waals surface area contributed by atoms with Gasteiger partial charge in [-0.05, 0) is 32.9 Å². The number of hydrogen-bond donors (Lipinski definition) is 2. The summed E-state index contributed by atoms with van der Waals surface area (Å²) < 4.78 is 10.9. The van der Waals surface area contributed by atoms with E-state index in [1.165, 1.54) is 19.2 Å². The number of rotatable bonds is 5. The van der Waals surface area contributed by atoms with Gasteiger partial charge in [-0.25, -0.2) is 9.78 Å². The van der Waals surface area contributed by atoms with Gasteiger partial charge in [-0.1, -0.05) is 12.1 Å². The minimum Gasteiger partial charge on any atom is -0.497 e. The number of carbonyl (C=O) groups excluding carboxylic acids is 1. The summed E-state index contributed by atoms with van der Waals surface area (Å²) in [6, 6.07) is 9.60. The van der Waals surface area contributed by atoms with E-state index < -0.39 is 17.5 Å². The molecule has 0 saturated carbocycles. The normalized spacial score (nSPS) is 10.9. The van der Waals surface area contributed by atoms with Crippen LogP contribution in [0.3, 0.4) is 0 Å². The van der Waals surface area contributed by atoms with Gasteiger partial charge in [0.25, 0.3) is 5.91 Å². The molecule has 2 rings (SSSR count). The highest BCUT2D eigenvalue weighted by Gasteiger charge is 2.18. The quantitative estimate of drug-likeness (QED) is 0.864. The largest absolute Gasteiger partial charge is 0.497 e. The Balaban J connectivity index is 2.32. The molecule has 1 aromatic carbocycles. The number of methoxy groups -OCH3 is 1. The Morgan fingerprint density at radius 3 is 2.36 bits per heavy atom. The number of hydrogen-bond acceptors (Lipinski definition) is 5. The zero-order valence-electron chi connectivity index (χ0n) is 14.5. The summed E-state index contributed by atoms with van der Waals surface area (Å²) in [7, 11) is 1.38. The second kappa shape index (κ2) is 7.21. The van der Waals surface area contributed by atoms with E-state index in [1.54, 1.807) is 24.3 Å². The SMILES string of the molecule is COc1cc(C(=O)O)nc(C(=O)Nc2ccccc2OC(C)(C)C)c1. The van der Waals surface area contributed by atoms with Crippen LogP contribution in [-0.4, -0.2) is 34.7 Å². The fourth-order valence-corrected chi connectivity index (χ4v) is 2.02. The molecule has 1 aromatic heterocycles. The van der Waals surface area contributed by atoms with Gasteiger partial charge in [0.2, 0.25) is 0 Å². The second-order valence-electron chi connectivity index (χ2n) is 6.25. The lowest BCUT2D eigenvalue weighted by molar-refractivity contribution is 0.0690. The Bertz CT molecular complexity index is 796. The summed E-state index contributed by atoms with van der Waals surface area (Å²) in [4.78, 5) is 27.5. The van der Waals surface area contributed by atoms with Crippen molar-refractivity contribution in [2.24, 2.45) is 0 Å². The third-order valence-corrected chi connectivity index (χ3v) is 3.04. The molecule has 1 heterocycles. The second-order valence-corrected chi connectivity index (χ2v) is 6.25. The Kier molecular flexibility index (Phi) is 5.26. The number of carboxylic acids is 1. The summed E-state index contributed by atoms with van der Waals surface area (Å²) in [6.45, 7) is 5.69. The fourth-order valence-electron chi connectivity index (χ4n) is 2.02. The van der Waals surface area contributed by atoms with Crippen LogP contribution in [-0.2, 0) is 0 Å². The number of nitrogens with one attached hydrogen (secondary N) is 1. The number of aromatic nitrogens is 1. The molecular weight excluding hydrogens is 324 g/mol. The third-order valence-electron chi connectivity index (χ3n) is 3.04. The van der Waals surface area contributed by atoms with E-state index in [0.29, 0.717) is 11.4 Å². The van der Waals surface area contributed by atoms with Crippen molar-refractivity contribution in [3.63, 3.8) is 0 Å². The van der Waals surface area contributed by atoms with E-state index in [2.05, 4.69) is 10.3 Å². The summed E-state index contributed by atoms with van der Waals surface area (Å²) in [5.41, 5.74) is -0.319. The molecule has 0 fully saturated rings. The fraction of sp³-hybridized carbons (Fsp3) is 0.278. The lowest BCUT2D eigenvalue weighted by Crippen LogP contribution is -2.24. The highest BCUT2D eigenvalue weighted by atomic mass is 16.5. The first-order valence-electron chi connectivity index (χ1n) is 7.58. The maximum absolute atomic E-state index is 12.5. The van der Waals surface area contributed by atoms with Crippen molar-refractivity contribution in [1.82, 2.24) is 4.98 Å². The van der Waals surface area contributed by atoms with Crippen molar-refractivity contribution >= 4 is 17.6 Å². The number of carboxylic acid groups (broad SMARTS) is 1. The van der Waals surface area contributed by atoms with E-state index in [0.717, 1.165) is 0 Å². The van der Waals surface area contributed by atoms with E-state index in [4.69, 9.17) is 14.6 Å². The highest BCUT2D eigenvalue weighted by Crippen LogP contribution is 2.28. The smallest absolute Gasteiger partial charge is 0.354 e. The Morgan fingerprint density at radius 2 is 1.76 bits per heavy atom. The van der Waals surface area contributed by atoms with Gasteiger partial charge < -0.3 is 19.9 Å². The van der Waals surface area contributed by atoms with Crippen LogP contribution in [0.25, 0.3) is 0 Å². The average molecular weight is 344 g/mol. The van der Waals surface area contributed by atoms with Crippen LogP contribution in [0, 0.1) is 0 Å². The summed E-state index contributed by atoms with van der Waals surface area (Å²) in [5, 5.41) is 11.8. The third kappa shape index (κ3) is 4.94. The molecule has 1 amide bonds. The van der Waals surface area contributed by atoms with E-state index in [9.17, 15) is 9.59 Å². The number of ether oxygens (including phenoxy) is 2. The first-order chi connectivity index (χ1) is 11.7. The zero-order valence-corrected chi connectivity index (χ0v) is 14.5. The van der Waals surface area contributed by atoms with E-state index in [1.807, 2.05) is 20.8 Å². The molecule has 0 aliphatic heterocycles. The number of carbonyl (C=O) groups is 2. The number of anilines is 1. The minimum absolute atomic E-state index is 0.0673. The molecular formula is C18H20N2O5. The summed E-state index contributed by atoms with van der Waals surface area (Å²) >= 11 is 0. The van der Waals surface area contributed by atoms with E-state index >= 15 is 0 Å². The number of amides is 1. The van der Waals surface area contributed by atoms with Crippen molar-refractivity contribution in [1.29, 1.82) is 0 Å². The molecule has 0 aliphatic carbocycles. The molecule has 0 bridgehead atoms. The number of para-hydroxylation sites is 2. The predicted octanol–water partition coefficient (Wildman–Crippen LogP) is 3.22. The van der Waals surface area contributed by atoms with Crippen LogP contribution in [0.5, 0.6) is 11.5 Å². The van der Waals surface area contributed by atoms with Crippen molar-refractivity contribution in [2.45, 2.75) is 26.4 Å². The minimum atomic E-state index is -1.25. The number of pyridine rings is 1. The monoisotopic (exact) mass is 344 g/mol. The topological polar surface area (TPSA) is 97.8 Å². The van der Waals surface area contributed by atoms with Crippen LogP contribution in [0.1, 0.15) is 41.7 Å². The molecule has 2 aromatic rings. The van der Waals surface area contributed by atoms with Crippen molar-refractivity contribution in [3.8, 4) is 11.5 Å². The van der Waals surface area contributed by atoms with Crippen LogP contribution >= 0.6 is 0 Å². The Hall–Kier alpha value is -3.09. The van der Waals surface area contributed by atoms with Crippen LogP contribution < -0.4 is 14.8 Å². The molecule has 0 saturated heterocycles. The lowest BCUT2D eigenvalue weighted by Gasteiger charge is -2.23. The molecule has 2 N–H and O–H groups in total. The number of aromatic carboxylic acids is 1. The number of nitrogens with zero attached hydrogens (tertiary/aromatic N) is 1. The van der Waals surface area contributed by atoms with Gasteiger partial charge in [0, 0.05) is 12.1 Å². The van der Waals surface area contributed by atoms with Crippen molar-refractivity contribution in [2.75, 3.05) is 12.4 Å². The molecule has 7 heteroatoms. The van der Waals surface area contributed by atoms with Gasteiger partial charge in [0.05, 0.1) is 12.8 Å². The molecule has 0 unspecified atom stereocenters. The van der Waals surface area contributed by atoms with Crippen LogP contribution in [0.2, 0.25) is 0 Å². The first kappa shape index (κ1) is 18.3. The number of benzene rings is 1. The lowest BCUT2D eigenvalue weighted by atomic mass is 10.2. The molecule has 132 valence electrons. The Labute approximate surface area is 145 Å². The van der Waals surface area contributed by atoms with Gasteiger partial charge in [0.15, 0.2) is 5.69 Å². The summed E-state index contributed by atoms with van der Waals surface area (Å²) in [5.74, 6) is -1.07.